The Kier molecular flexibility index (Phi) is 3.52. The molecule has 1 aliphatic rings. The van der Waals surface area contributed by atoms with Crippen LogP contribution in [0.1, 0.15) is 34.1 Å². The molecule has 0 atom stereocenters. The lowest BCUT2D eigenvalue weighted by Gasteiger charge is -2.23. The van der Waals surface area contributed by atoms with Gasteiger partial charge in [-0.1, -0.05) is 12.1 Å². The summed E-state index contributed by atoms with van der Waals surface area (Å²) >= 11 is 0. The molecule has 0 spiro atoms. The van der Waals surface area contributed by atoms with Crippen LogP contribution in [0.25, 0.3) is 0 Å². The van der Waals surface area contributed by atoms with Crippen LogP contribution >= 0.6 is 0 Å². The summed E-state index contributed by atoms with van der Waals surface area (Å²) in [6.45, 7) is 7.90. The van der Waals surface area contributed by atoms with Gasteiger partial charge in [0.05, 0.1) is 16.2 Å². The summed E-state index contributed by atoms with van der Waals surface area (Å²) in [5.74, 6) is 0. The van der Waals surface area contributed by atoms with E-state index in [-0.39, 0.29) is 11.3 Å². The molecule has 1 aromatic carbocycles. The van der Waals surface area contributed by atoms with E-state index in [1.165, 1.54) is 6.07 Å². The molecule has 0 amide bonds. The molecule has 1 aromatic rings. The van der Waals surface area contributed by atoms with Crippen LogP contribution in [-0.4, -0.2) is 21.8 Å². The largest absolute Gasteiger partial charge is 0.363 e. The molecule has 1 N–H and O–H groups in total. The van der Waals surface area contributed by atoms with Crippen LogP contribution in [0.2, 0.25) is 0 Å². The highest BCUT2D eigenvalue weighted by atomic mass is 16.6. The second-order valence-electron chi connectivity index (χ2n) is 5.99. The topological polar surface area (TPSA) is 76.8 Å². The molecule has 20 heavy (non-hydrogen) atoms. The Labute approximate surface area is 118 Å². The molecule has 0 aliphatic carbocycles. The maximum atomic E-state index is 10.9. The molecular weight excluding hydrogens is 258 g/mol. The molecule has 0 radical (unpaired) electrons. The molecule has 0 aromatic heterocycles. The van der Waals surface area contributed by atoms with Crippen molar-refractivity contribution in [2.24, 2.45) is 5.10 Å². The van der Waals surface area contributed by atoms with Crippen molar-refractivity contribution in [3.05, 3.63) is 34.4 Å². The van der Waals surface area contributed by atoms with E-state index in [2.05, 4.69) is 10.5 Å². The molecule has 6 nitrogen and oxygen atoms in total. The van der Waals surface area contributed by atoms with Crippen molar-refractivity contribution < 1.29 is 9.66 Å². The van der Waals surface area contributed by atoms with Gasteiger partial charge in [0, 0.05) is 12.5 Å². The van der Waals surface area contributed by atoms with Crippen molar-refractivity contribution in [3.63, 3.8) is 0 Å². The van der Waals surface area contributed by atoms with E-state index in [1.54, 1.807) is 18.2 Å². The maximum absolute atomic E-state index is 10.9. The molecule has 1 fully saturated rings. The highest BCUT2D eigenvalue weighted by Gasteiger charge is 2.43. The molecule has 1 heterocycles. The van der Waals surface area contributed by atoms with Gasteiger partial charge in [-0.05, 0) is 33.8 Å². The van der Waals surface area contributed by atoms with E-state index in [4.69, 9.17) is 4.74 Å². The summed E-state index contributed by atoms with van der Waals surface area (Å²) in [5.41, 5.74) is 3.29. The van der Waals surface area contributed by atoms with Crippen molar-refractivity contribution in [3.8, 4) is 0 Å². The molecular formula is C14H19N3O3. The number of hydrazone groups is 1. The van der Waals surface area contributed by atoms with Gasteiger partial charge >= 0.3 is 0 Å². The maximum Gasteiger partial charge on any atom is 0.294 e. The number of hydrogen-bond donors (Lipinski definition) is 1. The zero-order valence-corrected chi connectivity index (χ0v) is 12.1. The number of benzene rings is 1. The Hall–Kier alpha value is -1.95. The minimum Gasteiger partial charge on any atom is -0.363 e. The fraction of sp³-hybridized carbons (Fsp3) is 0.500. The zero-order valence-electron chi connectivity index (χ0n) is 12.1. The van der Waals surface area contributed by atoms with E-state index in [0.29, 0.717) is 12.1 Å². The number of anilines is 1. The first kappa shape index (κ1) is 14.5. The minimum atomic E-state index is -0.472. The summed E-state index contributed by atoms with van der Waals surface area (Å²) in [5, 5.41) is 15.3. The second kappa shape index (κ2) is 4.86. The molecule has 2 rings (SSSR count). The lowest BCUT2D eigenvalue weighted by atomic mass is 9.98. The fourth-order valence-electron chi connectivity index (χ4n) is 2.43. The number of para-hydroxylation sites is 2. The highest BCUT2D eigenvalue weighted by Crippen LogP contribution is 2.35. The summed E-state index contributed by atoms with van der Waals surface area (Å²) in [4.78, 5) is 10.5. The summed E-state index contributed by atoms with van der Waals surface area (Å²) in [6.07, 6.45) is 0.688. The third kappa shape index (κ3) is 2.96. The summed E-state index contributed by atoms with van der Waals surface area (Å²) in [7, 11) is 0. The molecule has 0 unspecified atom stereocenters. The molecule has 1 aliphatic heterocycles. The van der Waals surface area contributed by atoms with Gasteiger partial charge in [0.1, 0.15) is 11.3 Å². The van der Waals surface area contributed by atoms with Crippen LogP contribution in [0, 0.1) is 10.1 Å². The number of nitrogens with zero attached hydrogens (tertiary/aromatic N) is 2. The molecule has 6 heteroatoms. The van der Waals surface area contributed by atoms with Crippen molar-refractivity contribution in [1.29, 1.82) is 0 Å². The summed E-state index contributed by atoms with van der Waals surface area (Å²) < 4.78 is 5.91. The predicted octanol–water partition coefficient (Wildman–Crippen LogP) is 3.34. The first-order valence-electron chi connectivity index (χ1n) is 6.48. The monoisotopic (exact) mass is 277 g/mol. The number of nitro benzene ring substituents is 1. The quantitative estimate of drug-likeness (QED) is 0.679. The fourth-order valence-corrected chi connectivity index (χ4v) is 2.43. The van der Waals surface area contributed by atoms with Gasteiger partial charge in [-0.15, -0.1) is 0 Å². The van der Waals surface area contributed by atoms with Crippen molar-refractivity contribution in [2.45, 2.75) is 45.3 Å². The van der Waals surface area contributed by atoms with Gasteiger partial charge in [0.2, 0.25) is 0 Å². The highest BCUT2D eigenvalue weighted by molar-refractivity contribution is 5.95. The van der Waals surface area contributed by atoms with Crippen molar-refractivity contribution in [2.75, 3.05) is 5.43 Å². The smallest absolute Gasteiger partial charge is 0.294 e. The van der Waals surface area contributed by atoms with E-state index in [9.17, 15) is 10.1 Å². The molecule has 1 saturated heterocycles. The molecule has 0 saturated carbocycles. The van der Waals surface area contributed by atoms with Crippen LogP contribution in [0.3, 0.4) is 0 Å². The number of hydrogen-bond acceptors (Lipinski definition) is 5. The average molecular weight is 277 g/mol. The van der Waals surface area contributed by atoms with Crippen LogP contribution in [-0.2, 0) is 4.74 Å². The standard InChI is InChI=1S/C14H19N3O3/c1-13(2)9-12(14(3,4)20-13)16-15-10-7-5-6-8-11(10)17(18)19/h5-8,15H,9H2,1-4H3/b16-12+. The summed E-state index contributed by atoms with van der Waals surface area (Å²) in [6, 6.07) is 6.44. The lowest BCUT2D eigenvalue weighted by Crippen LogP contribution is -2.30. The number of ether oxygens (including phenoxy) is 1. The van der Waals surface area contributed by atoms with Gasteiger partial charge in [-0.2, -0.15) is 5.10 Å². The van der Waals surface area contributed by atoms with Crippen LogP contribution in [0.4, 0.5) is 11.4 Å². The Bertz CT molecular complexity index is 565. The van der Waals surface area contributed by atoms with Gasteiger partial charge in [0.15, 0.2) is 0 Å². The lowest BCUT2D eigenvalue weighted by molar-refractivity contribution is -0.384. The molecule has 108 valence electrons. The third-order valence-corrected chi connectivity index (χ3v) is 3.23. The van der Waals surface area contributed by atoms with Crippen LogP contribution < -0.4 is 5.43 Å². The van der Waals surface area contributed by atoms with Gasteiger partial charge < -0.3 is 4.74 Å². The van der Waals surface area contributed by atoms with Crippen LogP contribution in [0.15, 0.2) is 29.4 Å². The Morgan fingerprint density at radius 1 is 1.30 bits per heavy atom. The van der Waals surface area contributed by atoms with E-state index in [1.807, 2.05) is 27.7 Å². The number of nitro groups is 1. The first-order valence-corrected chi connectivity index (χ1v) is 6.48. The number of nitrogens with one attached hydrogen (secondary N) is 1. The SMILES string of the molecule is CC1(C)C/C(=N\Nc2ccccc2[N+](=O)[O-])C(C)(C)O1. The zero-order chi connectivity index (χ0) is 15.0. The van der Waals surface area contributed by atoms with E-state index < -0.39 is 10.5 Å². The first-order chi connectivity index (χ1) is 9.21. The van der Waals surface area contributed by atoms with E-state index >= 15 is 0 Å². The predicted molar refractivity (Wildman–Crippen MR) is 78.0 cm³/mol. The third-order valence-electron chi connectivity index (χ3n) is 3.23. The average Bonchev–Trinajstić information content (AvgIpc) is 2.54. The van der Waals surface area contributed by atoms with Gasteiger partial charge in [0.25, 0.3) is 5.69 Å². The van der Waals surface area contributed by atoms with Gasteiger partial charge in [-0.25, -0.2) is 0 Å². The van der Waals surface area contributed by atoms with Crippen molar-refractivity contribution >= 4 is 17.1 Å². The van der Waals surface area contributed by atoms with Gasteiger partial charge in [-0.3, -0.25) is 15.5 Å². The Balaban J connectivity index is 2.24. The van der Waals surface area contributed by atoms with E-state index in [0.717, 1.165) is 5.71 Å². The molecule has 0 bridgehead atoms. The second-order valence-corrected chi connectivity index (χ2v) is 5.99. The Morgan fingerprint density at radius 2 is 1.95 bits per heavy atom. The Morgan fingerprint density at radius 3 is 2.50 bits per heavy atom. The normalized spacial score (nSPS) is 21.9. The van der Waals surface area contributed by atoms with Crippen molar-refractivity contribution in [1.82, 2.24) is 0 Å². The number of rotatable bonds is 3. The van der Waals surface area contributed by atoms with Crippen LogP contribution in [0.5, 0.6) is 0 Å². The minimum absolute atomic E-state index is 0.00725.